The van der Waals surface area contributed by atoms with E-state index in [1.807, 2.05) is 12.1 Å². The van der Waals surface area contributed by atoms with Gasteiger partial charge in [0.2, 0.25) is 0 Å². The molecule has 0 heterocycles. The van der Waals surface area contributed by atoms with Crippen molar-refractivity contribution >= 4 is 22.7 Å². The average molecular weight is 329 g/mol. The summed E-state index contributed by atoms with van der Waals surface area (Å²) in [6, 6.07) is 16.8. The molecule has 2 aliphatic rings. The fourth-order valence-corrected chi connectivity index (χ4v) is 3.34. The van der Waals surface area contributed by atoms with Gasteiger partial charge in [0.25, 0.3) is 0 Å². The van der Waals surface area contributed by atoms with Gasteiger partial charge in [-0.25, -0.2) is 0 Å². The van der Waals surface area contributed by atoms with Crippen LogP contribution in [-0.2, 0) is 6.42 Å². The first-order chi connectivity index (χ1) is 11.8. The van der Waals surface area contributed by atoms with Crippen LogP contribution in [0.25, 0.3) is 11.1 Å². The third-order valence-electron chi connectivity index (χ3n) is 4.39. The summed E-state index contributed by atoms with van der Waals surface area (Å²) in [6.45, 7) is 0. The first-order valence-corrected chi connectivity index (χ1v) is 8.49. The van der Waals surface area contributed by atoms with Gasteiger partial charge in [-0.2, -0.15) is 0 Å². The van der Waals surface area contributed by atoms with E-state index < -0.39 is 0 Å². The lowest BCUT2D eigenvalue weighted by atomic mass is 9.98. The highest BCUT2D eigenvalue weighted by Gasteiger charge is 2.19. The van der Waals surface area contributed by atoms with Gasteiger partial charge in [-0.05, 0) is 58.0 Å². The smallest absolute Gasteiger partial charge is 0.0406 e. The molecule has 0 saturated heterocycles. The zero-order chi connectivity index (χ0) is 16.4. The van der Waals surface area contributed by atoms with E-state index in [2.05, 4.69) is 78.9 Å². The molecule has 0 nitrogen and oxygen atoms in total. The van der Waals surface area contributed by atoms with E-state index in [1.165, 1.54) is 33.4 Å². The second-order valence-electron chi connectivity index (χ2n) is 5.99. The zero-order valence-corrected chi connectivity index (χ0v) is 14.0. The second kappa shape index (κ2) is 6.51. The number of fused-ring (bicyclic) bond motifs is 1. The Labute approximate surface area is 147 Å². The van der Waals surface area contributed by atoms with Crippen molar-refractivity contribution in [1.82, 2.24) is 0 Å². The Morgan fingerprint density at radius 2 is 1.38 bits per heavy atom. The molecule has 0 fully saturated rings. The fraction of sp³-hybridized carbons (Fsp3) is 0.0435. The highest BCUT2D eigenvalue weighted by atomic mass is 35.5. The second-order valence-corrected chi connectivity index (χ2v) is 6.43. The maximum absolute atomic E-state index is 6.01. The Morgan fingerprint density at radius 3 is 2.08 bits per heavy atom. The van der Waals surface area contributed by atoms with Gasteiger partial charge in [-0.15, -0.1) is 0 Å². The summed E-state index contributed by atoms with van der Waals surface area (Å²) < 4.78 is 0. The predicted molar refractivity (Wildman–Crippen MR) is 104 cm³/mol. The molecule has 0 amide bonds. The van der Waals surface area contributed by atoms with E-state index in [1.54, 1.807) is 0 Å². The molecular weight excluding hydrogens is 312 g/mol. The summed E-state index contributed by atoms with van der Waals surface area (Å²) in [5.74, 6) is 0. The third-order valence-corrected chi connectivity index (χ3v) is 4.64. The Kier molecular flexibility index (Phi) is 4.06. The first-order valence-electron chi connectivity index (χ1n) is 8.12. The molecule has 2 aromatic carbocycles. The normalized spacial score (nSPS) is 15.5. The van der Waals surface area contributed by atoms with Gasteiger partial charge < -0.3 is 0 Å². The number of allylic oxidation sites excluding steroid dienone is 10. The van der Waals surface area contributed by atoms with Crippen molar-refractivity contribution in [3.8, 4) is 0 Å². The molecule has 0 bridgehead atoms. The van der Waals surface area contributed by atoms with E-state index >= 15 is 0 Å². The van der Waals surface area contributed by atoms with Crippen molar-refractivity contribution in [3.05, 3.63) is 118 Å². The Hall–Kier alpha value is -2.57. The maximum atomic E-state index is 6.01. The summed E-state index contributed by atoms with van der Waals surface area (Å²) in [5, 5.41) is 0.781. The topological polar surface area (TPSA) is 0 Å². The molecule has 2 aromatic rings. The van der Waals surface area contributed by atoms with Gasteiger partial charge >= 0.3 is 0 Å². The van der Waals surface area contributed by atoms with Gasteiger partial charge in [-0.3, -0.25) is 0 Å². The highest BCUT2D eigenvalue weighted by molar-refractivity contribution is 6.30. The molecule has 0 unspecified atom stereocenters. The Balaban J connectivity index is 1.78. The van der Waals surface area contributed by atoms with Crippen LogP contribution in [0.4, 0.5) is 0 Å². The van der Waals surface area contributed by atoms with E-state index in [0.29, 0.717) is 0 Å². The van der Waals surface area contributed by atoms with Gasteiger partial charge in [-0.1, -0.05) is 84.5 Å². The van der Waals surface area contributed by atoms with Crippen molar-refractivity contribution in [3.63, 3.8) is 0 Å². The standard InChI is InChI=1S/C23H17Cl/c24-20-13-11-17(12-14-20)15-19-16-23(18-7-3-1-2-4-8-18)22-10-6-5-9-21(19)22/h1-14,16H,15H2. The minimum absolute atomic E-state index is 0.781. The monoisotopic (exact) mass is 328 g/mol. The molecule has 0 saturated carbocycles. The lowest BCUT2D eigenvalue weighted by molar-refractivity contribution is 1.29. The van der Waals surface area contributed by atoms with Crippen molar-refractivity contribution in [2.24, 2.45) is 0 Å². The third kappa shape index (κ3) is 2.93. The van der Waals surface area contributed by atoms with Crippen LogP contribution >= 0.6 is 11.6 Å². The number of rotatable bonds is 2. The van der Waals surface area contributed by atoms with Crippen LogP contribution in [0.5, 0.6) is 0 Å². The average Bonchev–Trinajstić information content (AvgIpc) is 2.79. The fourth-order valence-electron chi connectivity index (χ4n) is 3.22. The summed E-state index contributed by atoms with van der Waals surface area (Å²) in [5.41, 5.74) is 7.82. The molecule has 4 rings (SSSR count). The SMILES string of the molecule is Clc1ccc(CC2=CC(=C3C=CC=CC=C3)c3ccccc32)cc1. The van der Waals surface area contributed by atoms with Crippen LogP contribution in [0.2, 0.25) is 5.02 Å². The molecular formula is C23H17Cl. The molecule has 0 aliphatic heterocycles. The molecule has 0 radical (unpaired) electrons. The summed E-state index contributed by atoms with van der Waals surface area (Å²) >= 11 is 6.01. The molecule has 0 aromatic heterocycles. The minimum atomic E-state index is 0.781. The number of hydrogen-bond donors (Lipinski definition) is 0. The first kappa shape index (κ1) is 15.0. The van der Waals surface area contributed by atoms with E-state index in [0.717, 1.165) is 11.4 Å². The van der Waals surface area contributed by atoms with Crippen molar-refractivity contribution in [2.75, 3.05) is 0 Å². The minimum Gasteiger partial charge on any atom is -0.0843 e. The Bertz CT molecular complexity index is 901. The van der Waals surface area contributed by atoms with E-state index in [4.69, 9.17) is 11.6 Å². The van der Waals surface area contributed by atoms with Crippen LogP contribution in [0.3, 0.4) is 0 Å². The highest BCUT2D eigenvalue weighted by Crippen LogP contribution is 2.39. The van der Waals surface area contributed by atoms with Crippen molar-refractivity contribution in [2.45, 2.75) is 6.42 Å². The maximum Gasteiger partial charge on any atom is 0.0406 e. The number of hydrogen-bond acceptors (Lipinski definition) is 0. The largest absolute Gasteiger partial charge is 0.0843 e. The van der Waals surface area contributed by atoms with Gasteiger partial charge in [0.15, 0.2) is 0 Å². The number of benzene rings is 2. The van der Waals surface area contributed by atoms with E-state index in [9.17, 15) is 0 Å². The van der Waals surface area contributed by atoms with Crippen molar-refractivity contribution < 1.29 is 0 Å². The molecule has 1 heteroatoms. The molecule has 2 aliphatic carbocycles. The summed E-state index contributed by atoms with van der Waals surface area (Å²) in [4.78, 5) is 0. The Morgan fingerprint density at radius 1 is 0.708 bits per heavy atom. The molecule has 116 valence electrons. The van der Waals surface area contributed by atoms with Crippen LogP contribution in [0.1, 0.15) is 16.7 Å². The van der Waals surface area contributed by atoms with Gasteiger partial charge in [0.05, 0.1) is 0 Å². The van der Waals surface area contributed by atoms with Crippen molar-refractivity contribution in [1.29, 1.82) is 0 Å². The van der Waals surface area contributed by atoms with E-state index in [-0.39, 0.29) is 0 Å². The lowest BCUT2D eigenvalue weighted by Gasteiger charge is -2.06. The summed E-state index contributed by atoms with van der Waals surface area (Å²) in [7, 11) is 0. The number of halogens is 1. The van der Waals surface area contributed by atoms with Crippen LogP contribution < -0.4 is 0 Å². The molecule has 0 atom stereocenters. The van der Waals surface area contributed by atoms with Gasteiger partial charge in [0.1, 0.15) is 0 Å². The lowest BCUT2D eigenvalue weighted by Crippen LogP contribution is -1.89. The summed E-state index contributed by atoms with van der Waals surface area (Å²) in [6.07, 6.45) is 15.9. The quantitative estimate of drug-likeness (QED) is 0.597. The molecule has 0 spiro atoms. The van der Waals surface area contributed by atoms with Crippen LogP contribution in [0.15, 0.2) is 96.6 Å². The van der Waals surface area contributed by atoms with Crippen LogP contribution in [-0.4, -0.2) is 0 Å². The zero-order valence-electron chi connectivity index (χ0n) is 13.2. The predicted octanol–water partition coefficient (Wildman–Crippen LogP) is 6.42. The molecule has 0 N–H and O–H groups in total. The van der Waals surface area contributed by atoms with Gasteiger partial charge in [0, 0.05) is 5.02 Å². The van der Waals surface area contributed by atoms with Crippen LogP contribution in [0, 0.1) is 0 Å². The molecule has 24 heavy (non-hydrogen) atoms.